The summed E-state index contributed by atoms with van der Waals surface area (Å²) in [5.41, 5.74) is 0. The first-order valence-electron chi connectivity index (χ1n) is 11.1. The first-order valence-corrected chi connectivity index (χ1v) is 11.8. The zero-order valence-corrected chi connectivity index (χ0v) is 18.6. The molecule has 8 nitrogen and oxygen atoms in total. The van der Waals surface area contributed by atoms with Crippen LogP contribution in [0.4, 0.5) is 5.13 Å². The summed E-state index contributed by atoms with van der Waals surface area (Å²) >= 11 is 1.51. The van der Waals surface area contributed by atoms with Crippen LogP contribution < -0.4 is 10.2 Å². The molecular weight excluding hydrogens is 400 g/mol. The van der Waals surface area contributed by atoms with Crippen molar-refractivity contribution in [3.05, 3.63) is 30.0 Å². The van der Waals surface area contributed by atoms with Crippen molar-refractivity contribution in [1.82, 2.24) is 19.6 Å². The van der Waals surface area contributed by atoms with Crippen LogP contribution in [0.3, 0.4) is 0 Å². The normalized spacial score (nSPS) is 20.6. The molecule has 30 heavy (non-hydrogen) atoms. The number of guanidine groups is 1. The Labute approximate surface area is 182 Å². The quantitative estimate of drug-likeness (QED) is 0.532. The van der Waals surface area contributed by atoms with Crippen LogP contribution in [0.25, 0.3) is 0 Å². The Kier molecular flexibility index (Phi) is 7.58. The molecule has 1 atom stereocenters. The second kappa shape index (κ2) is 10.8. The molecule has 2 aliphatic rings. The summed E-state index contributed by atoms with van der Waals surface area (Å²) in [6.07, 6.45) is 7.21. The average molecular weight is 433 g/mol. The van der Waals surface area contributed by atoms with Gasteiger partial charge < -0.3 is 24.3 Å². The van der Waals surface area contributed by atoms with Gasteiger partial charge in [0.05, 0.1) is 18.9 Å². The lowest BCUT2D eigenvalue weighted by molar-refractivity contribution is 0.0223. The summed E-state index contributed by atoms with van der Waals surface area (Å²) in [5.74, 6) is 2.90. The van der Waals surface area contributed by atoms with Crippen LogP contribution in [0.15, 0.2) is 27.8 Å². The third-order valence-electron chi connectivity index (χ3n) is 5.58. The molecular formula is C21H32N6O2S. The van der Waals surface area contributed by atoms with E-state index in [4.69, 9.17) is 14.1 Å². The van der Waals surface area contributed by atoms with Gasteiger partial charge in [0.1, 0.15) is 11.6 Å². The highest BCUT2D eigenvalue weighted by molar-refractivity contribution is 7.09. The van der Waals surface area contributed by atoms with E-state index >= 15 is 0 Å². The lowest BCUT2D eigenvalue weighted by atomic mass is 10.1. The standard InChI is InChI=1S/C21H32N6O2S/c1-2-19-24-21(30-25-19)27-12-10-26(11-13-27)20(22-9-8-17-7-5-15-28-17)23-16-18-6-3-4-14-29-18/h5,7,15,18H,2-4,6,8-14,16H2,1H3,(H,22,23). The van der Waals surface area contributed by atoms with Gasteiger partial charge in [0, 0.05) is 63.7 Å². The number of piperazine rings is 1. The van der Waals surface area contributed by atoms with Gasteiger partial charge in [-0.3, -0.25) is 4.99 Å². The summed E-state index contributed by atoms with van der Waals surface area (Å²) in [5, 5.41) is 4.59. The van der Waals surface area contributed by atoms with Crippen molar-refractivity contribution in [3.8, 4) is 0 Å². The predicted octanol–water partition coefficient (Wildman–Crippen LogP) is 2.57. The molecule has 9 heteroatoms. The van der Waals surface area contributed by atoms with Gasteiger partial charge in [0.2, 0.25) is 5.13 Å². The highest BCUT2D eigenvalue weighted by atomic mass is 32.1. The third-order valence-corrected chi connectivity index (χ3v) is 6.39. The second-order valence-corrected chi connectivity index (χ2v) is 8.46. The van der Waals surface area contributed by atoms with Crippen molar-refractivity contribution < 1.29 is 9.15 Å². The van der Waals surface area contributed by atoms with E-state index in [1.54, 1.807) is 6.26 Å². The molecule has 4 heterocycles. The molecule has 4 rings (SSSR count). The molecule has 2 aromatic rings. The Bertz CT molecular complexity index is 779. The molecule has 0 saturated carbocycles. The van der Waals surface area contributed by atoms with E-state index in [9.17, 15) is 0 Å². The van der Waals surface area contributed by atoms with Gasteiger partial charge in [-0.05, 0) is 31.4 Å². The first kappa shape index (κ1) is 21.1. The topological polar surface area (TPSA) is 79.0 Å². The van der Waals surface area contributed by atoms with Crippen molar-refractivity contribution in [2.75, 3.05) is 50.8 Å². The van der Waals surface area contributed by atoms with Crippen molar-refractivity contribution in [2.45, 2.75) is 45.1 Å². The number of aryl methyl sites for hydroxylation is 1. The maximum Gasteiger partial charge on any atom is 0.205 e. The molecule has 0 radical (unpaired) electrons. The number of ether oxygens (including phenoxy) is 1. The molecule has 0 spiro atoms. The summed E-state index contributed by atoms with van der Waals surface area (Å²) < 4.78 is 15.8. The van der Waals surface area contributed by atoms with Crippen LogP contribution in [0, 0.1) is 0 Å². The molecule has 2 aliphatic heterocycles. The van der Waals surface area contributed by atoms with E-state index in [-0.39, 0.29) is 6.10 Å². The number of furan rings is 1. The summed E-state index contributed by atoms with van der Waals surface area (Å²) in [6, 6.07) is 3.95. The van der Waals surface area contributed by atoms with Crippen molar-refractivity contribution in [2.24, 2.45) is 4.99 Å². The number of nitrogens with zero attached hydrogens (tertiary/aromatic N) is 5. The van der Waals surface area contributed by atoms with E-state index < -0.39 is 0 Å². The van der Waals surface area contributed by atoms with Crippen molar-refractivity contribution in [3.63, 3.8) is 0 Å². The Hall–Kier alpha value is -2.13. The van der Waals surface area contributed by atoms with Gasteiger partial charge in [-0.1, -0.05) is 6.92 Å². The molecule has 1 unspecified atom stereocenters. The average Bonchev–Trinajstić information content (AvgIpc) is 3.49. The molecule has 0 aromatic carbocycles. The number of anilines is 1. The van der Waals surface area contributed by atoms with E-state index in [1.165, 1.54) is 24.4 Å². The number of nitrogens with one attached hydrogen (secondary N) is 1. The zero-order chi connectivity index (χ0) is 20.6. The fourth-order valence-electron chi connectivity index (χ4n) is 3.79. The smallest absolute Gasteiger partial charge is 0.205 e. The second-order valence-electron chi connectivity index (χ2n) is 7.73. The minimum atomic E-state index is 0.246. The lowest BCUT2D eigenvalue weighted by Gasteiger charge is -2.36. The highest BCUT2D eigenvalue weighted by Gasteiger charge is 2.23. The molecule has 0 amide bonds. The number of aliphatic imine (C=N–C) groups is 1. The van der Waals surface area contributed by atoms with E-state index in [0.717, 1.165) is 87.8 Å². The van der Waals surface area contributed by atoms with Crippen molar-refractivity contribution >= 4 is 22.6 Å². The van der Waals surface area contributed by atoms with E-state index in [1.807, 2.05) is 12.1 Å². The zero-order valence-electron chi connectivity index (χ0n) is 17.8. The maximum absolute atomic E-state index is 5.88. The summed E-state index contributed by atoms with van der Waals surface area (Å²) in [4.78, 5) is 14.3. The Balaban J connectivity index is 1.34. The minimum Gasteiger partial charge on any atom is -0.469 e. The van der Waals surface area contributed by atoms with Gasteiger partial charge in [-0.25, -0.2) is 4.98 Å². The van der Waals surface area contributed by atoms with E-state index in [2.05, 4.69) is 31.4 Å². The minimum absolute atomic E-state index is 0.246. The molecule has 2 fully saturated rings. The molecule has 164 valence electrons. The van der Waals surface area contributed by atoms with Crippen LogP contribution >= 0.6 is 11.5 Å². The number of hydrogen-bond acceptors (Lipinski definition) is 7. The van der Waals surface area contributed by atoms with Crippen molar-refractivity contribution in [1.29, 1.82) is 0 Å². The van der Waals surface area contributed by atoms with Crippen LogP contribution in [0.5, 0.6) is 0 Å². The molecule has 2 aromatic heterocycles. The van der Waals surface area contributed by atoms with Crippen LogP contribution in [-0.2, 0) is 17.6 Å². The maximum atomic E-state index is 5.88. The SMILES string of the molecule is CCc1nsc(N2CCN(C(=NCC3CCCCO3)NCCc3ccco3)CC2)n1. The Morgan fingerprint density at radius 1 is 1.30 bits per heavy atom. The first-order chi connectivity index (χ1) is 14.8. The Morgan fingerprint density at radius 3 is 2.90 bits per heavy atom. The van der Waals surface area contributed by atoms with Gasteiger partial charge >= 0.3 is 0 Å². The van der Waals surface area contributed by atoms with Gasteiger partial charge in [-0.15, -0.1) is 0 Å². The van der Waals surface area contributed by atoms with Gasteiger partial charge in [-0.2, -0.15) is 4.37 Å². The van der Waals surface area contributed by atoms with E-state index in [0.29, 0.717) is 0 Å². The molecule has 0 aliphatic carbocycles. The molecule has 2 saturated heterocycles. The summed E-state index contributed by atoms with van der Waals surface area (Å²) in [7, 11) is 0. The van der Waals surface area contributed by atoms with Gasteiger partial charge in [0.25, 0.3) is 0 Å². The van der Waals surface area contributed by atoms with Gasteiger partial charge in [0.15, 0.2) is 5.96 Å². The number of aromatic nitrogens is 2. The fourth-order valence-corrected chi connectivity index (χ4v) is 4.59. The fraction of sp³-hybridized carbons (Fsp3) is 0.667. The van der Waals surface area contributed by atoms with Crippen LogP contribution in [-0.4, -0.2) is 72.2 Å². The lowest BCUT2D eigenvalue weighted by Crippen LogP contribution is -2.53. The number of rotatable bonds is 7. The third kappa shape index (κ3) is 5.72. The van der Waals surface area contributed by atoms with Crippen LogP contribution in [0.2, 0.25) is 0 Å². The summed E-state index contributed by atoms with van der Waals surface area (Å²) in [6.45, 7) is 8.17. The monoisotopic (exact) mass is 432 g/mol. The molecule has 1 N–H and O–H groups in total. The predicted molar refractivity (Wildman–Crippen MR) is 119 cm³/mol. The Morgan fingerprint density at radius 2 is 2.20 bits per heavy atom. The highest BCUT2D eigenvalue weighted by Crippen LogP contribution is 2.19. The largest absolute Gasteiger partial charge is 0.469 e. The molecule has 0 bridgehead atoms. The van der Waals surface area contributed by atoms with Crippen LogP contribution in [0.1, 0.15) is 37.8 Å². The number of hydrogen-bond donors (Lipinski definition) is 1.